The van der Waals surface area contributed by atoms with Gasteiger partial charge in [-0.2, -0.15) is 0 Å². The fourth-order valence-electron chi connectivity index (χ4n) is 8.23. The van der Waals surface area contributed by atoms with Crippen LogP contribution in [0.2, 0.25) is 0 Å². The van der Waals surface area contributed by atoms with Gasteiger partial charge in [-0.15, -0.1) is 0 Å². The maximum Gasteiger partial charge on any atom is 0.136 e. The van der Waals surface area contributed by atoms with Gasteiger partial charge in [0.1, 0.15) is 11.2 Å². The Balaban J connectivity index is 1.15. The maximum absolute atomic E-state index is 6.23. The summed E-state index contributed by atoms with van der Waals surface area (Å²) in [5.74, 6) is 0. The summed E-state index contributed by atoms with van der Waals surface area (Å²) in [5.41, 5.74) is 13.0. The summed E-state index contributed by atoms with van der Waals surface area (Å²) in [7, 11) is 0. The van der Waals surface area contributed by atoms with Gasteiger partial charge >= 0.3 is 0 Å². The maximum atomic E-state index is 6.23. The quantitative estimate of drug-likeness (QED) is 0.193. The molecule has 0 atom stereocenters. The highest BCUT2D eigenvalue weighted by atomic mass is 16.3. The van der Waals surface area contributed by atoms with Crippen molar-refractivity contribution < 1.29 is 4.42 Å². The first-order valence-corrected chi connectivity index (χ1v) is 17.0. The van der Waals surface area contributed by atoms with E-state index in [1.165, 1.54) is 60.3 Å². The zero-order valence-electron chi connectivity index (χ0n) is 27.4. The van der Waals surface area contributed by atoms with Gasteiger partial charge in [0.15, 0.2) is 0 Å². The highest BCUT2D eigenvalue weighted by Gasteiger charge is 2.35. The second kappa shape index (κ2) is 10.4. The summed E-state index contributed by atoms with van der Waals surface area (Å²) in [6.07, 6.45) is 0. The van der Waals surface area contributed by atoms with Crippen LogP contribution >= 0.6 is 0 Å². The average molecular weight is 628 g/mol. The molecule has 0 aliphatic heterocycles. The van der Waals surface area contributed by atoms with Gasteiger partial charge in [-0.3, -0.25) is 0 Å². The largest absolute Gasteiger partial charge is 0.456 e. The zero-order valence-corrected chi connectivity index (χ0v) is 27.4. The number of hydrogen-bond acceptors (Lipinski definition) is 2. The molecule has 232 valence electrons. The average Bonchev–Trinajstić information content (AvgIpc) is 3.64. The highest BCUT2D eigenvalue weighted by Crippen LogP contribution is 2.51. The Labute approximate surface area is 285 Å². The van der Waals surface area contributed by atoms with Crippen LogP contribution in [0.15, 0.2) is 168 Å². The lowest BCUT2D eigenvalue weighted by Crippen LogP contribution is -2.16. The molecule has 0 bridgehead atoms. The van der Waals surface area contributed by atoms with Gasteiger partial charge < -0.3 is 9.32 Å². The summed E-state index contributed by atoms with van der Waals surface area (Å²) < 4.78 is 6.23. The topological polar surface area (TPSA) is 16.4 Å². The monoisotopic (exact) mass is 627 g/mol. The Hall–Kier alpha value is -6.12. The van der Waals surface area contributed by atoms with Gasteiger partial charge in [0.2, 0.25) is 0 Å². The van der Waals surface area contributed by atoms with E-state index in [-0.39, 0.29) is 5.41 Å². The predicted octanol–water partition coefficient (Wildman–Crippen LogP) is 13.3. The van der Waals surface area contributed by atoms with Gasteiger partial charge in [-0.25, -0.2) is 0 Å². The van der Waals surface area contributed by atoms with Crippen LogP contribution in [0, 0.1) is 0 Å². The lowest BCUT2D eigenvalue weighted by molar-refractivity contribution is 0.660. The molecule has 2 nitrogen and oxygen atoms in total. The predicted molar refractivity (Wildman–Crippen MR) is 206 cm³/mol. The van der Waals surface area contributed by atoms with E-state index >= 15 is 0 Å². The molecule has 0 unspecified atom stereocenters. The third-order valence-electron chi connectivity index (χ3n) is 10.7. The van der Waals surface area contributed by atoms with Crippen molar-refractivity contribution in [2.24, 2.45) is 0 Å². The molecule has 1 heterocycles. The van der Waals surface area contributed by atoms with E-state index in [2.05, 4.69) is 170 Å². The van der Waals surface area contributed by atoms with Crippen molar-refractivity contribution in [3.05, 3.63) is 175 Å². The molecular formula is C47H33NO. The normalized spacial score (nSPS) is 13.3. The highest BCUT2D eigenvalue weighted by molar-refractivity contribution is 6.19. The van der Waals surface area contributed by atoms with E-state index in [0.717, 1.165) is 33.6 Å². The number of benzene rings is 8. The standard InChI is InChI=1S/C47H33NO/c1-47(2)42-16-7-5-13-39(42)40-26-24-35(29-43(40)47)48(33-21-18-31(19-22-33)37-15-9-11-30-10-3-4-12-36(30)37)34-23-25-38-32(28-34)20-27-45-46(38)41-14-6-8-17-44(41)49-45/h3-29H,1-2H3. The lowest BCUT2D eigenvalue weighted by Gasteiger charge is -2.28. The van der Waals surface area contributed by atoms with Crippen LogP contribution in [0.3, 0.4) is 0 Å². The summed E-state index contributed by atoms with van der Waals surface area (Å²) in [4.78, 5) is 2.41. The molecule has 10 rings (SSSR count). The molecular weight excluding hydrogens is 595 g/mol. The van der Waals surface area contributed by atoms with E-state index in [1.807, 2.05) is 12.1 Å². The minimum atomic E-state index is -0.0941. The van der Waals surface area contributed by atoms with Crippen LogP contribution in [0.4, 0.5) is 17.1 Å². The third kappa shape index (κ3) is 4.20. The van der Waals surface area contributed by atoms with E-state index in [9.17, 15) is 0 Å². The summed E-state index contributed by atoms with van der Waals surface area (Å²) in [6.45, 7) is 4.70. The van der Waals surface area contributed by atoms with Crippen LogP contribution in [0.5, 0.6) is 0 Å². The van der Waals surface area contributed by atoms with Gasteiger partial charge in [0, 0.05) is 33.2 Å². The van der Waals surface area contributed by atoms with Crippen LogP contribution in [-0.2, 0) is 5.41 Å². The number of para-hydroxylation sites is 1. The molecule has 0 radical (unpaired) electrons. The van der Waals surface area contributed by atoms with Crippen LogP contribution in [-0.4, -0.2) is 0 Å². The molecule has 49 heavy (non-hydrogen) atoms. The van der Waals surface area contributed by atoms with E-state index in [0.29, 0.717) is 0 Å². The molecule has 0 saturated heterocycles. The first-order chi connectivity index (χ1) is 24.0. The number of rotatable bonds is 4. The van der Waals surface area contributed by atoms with E-state index in [1.54, 1.807) is 0 Å². The summed E-state index contributed by atoms with van der Waals surface area (Å²) >= 11 is 0. The molecule has 0 N–H and O–H groups in total. The molecule has 0 amide bonds. The molecule has 0 spiro atoms. The lowest BCUT2D eigenvalue weighted by atomic mass is 9.82. The number of nitrogens with zero attached hydrogens (tertiary/aromatic N) is 1. The SMILES string of the molecule is CC1(C)c2ccccc2-c2ccc(N(c3ccc(-c4cccc5ccccc45)cc3)c3ccc4c(ccc5oc6ccccc6c54)c3)cc21. The van der Waals surface area contributed by atoms with Crippen molar-refractivity contribution in [3.8, 4) is 22.3 Å². The number of anilines is 3. The van der Waals surface area contributed by atoms with Gasteiger partial charge in [0.25, 0.3) is 0 Å². The Morgan fingerprint density at radius 2 is 1.10 bits per heavy atom. The van der Waals surface area contributed by atoms with Crippen molar-refractivity contribution in [3.63, 3.8) is 0 Å². The minimum Gasteiger partial charge on any atom is -0.456 e. The molecule has 2 heteroatoms. The minimum absolute atomic E-state index is 0.0941. The van der Waals surface area contributed by atoms with Crippen molar-refractivity contribution in [1.82, 2.24) is 0 Å². The van der Waals surface area contributed by atoms with Gasteiger partial charge in [-0.1, -0.05) is 129 Å². The Morgan fingerprint density at radius 3 is 2.00 bits per heavy atom. The zero-order chi connectivity index (χ0) is 32.7. The summed E-state index contributed by atoms with van der Waals surface area (Å²) in [6, 6.07) is 59.6. The van der Waals surface area contributed by atoms with Crippen LogP contribution < -0.4 is 4.90 Å². The Morgan fingerprint density at radius 1 is 0.429 bits per heavy atom. The van der Waals surface area contributed by atoms with E-state index < -0.39 is 0 Å². The van der Waals surface area contributed by atoms with Crippen molar-refractivity contribution in [2.45, 2.75) is 19.3 Å². The van der Waals surface area contributed by atoms with E-state index in [4.69, 9.17) is 4.42 Å². The fourth-order valence-corrected chi connectivity index (χ4v) is 8.23. The van der Waals surface area contributed by atoms with Crippen molar-refractivity contribution in [2.75, 3.05) is 4.90 Å². The number of hydrogen-bond donors (Lipinski definition) is 0. The second-order valence-corrected chi connectivity index (χ2v) is 13.8. The first kappa shape index (κ1) is 27.9. The van der Waals surface area contributed by atoms with Crippen molar-refractivity contribution >= 4 is 60.5 Å². The molecule has 8 aromatic carbocycles. The van der Waals surface area contributed by atoms with Gasteiger partial charge in [0.05, 0.1) is 0 Å². The number of fused-ring (bicyclic) bond motifs is 9. The molecule has 1 aliphatic carbocycles. The Bertz CT molecular complexity index is 2740. The van der Waals surface area contributed by atoms with Crippen molar-refractivity contribution in [1.29, 1.82) is 0 Å². The smallest absolute Gasteiger partial charge is 0.136 e. The van der Waals surface area contributed by atoms with Gasteiger partial charge in [-0.05, 0) is 103 Å². The fraction of sp³-hybridized carbons (Fsp3) is 0.0638. The molecule has 1 aliphatic rings. The molecule has 0 fully saturated rings. The third-order valence-corrected chi connectivity index (χ3v) is 10.7. The van der Waals surface area contributed by atoms with Crippen LogP contribution in [0.1, 0.15) is 25.0 Å². The van der Waals surface area contributed by atoms with Crippen LogP contribution in [0.25, 0.3) is 65.7 Å². The second-order valence-electron chi connectivity index (χ2n) is 13.8. The molecule has 1 aromatic heterocycles. The first-order valence-electron chi connectivity index (χ1n) is 17.0. The Kier molecular flexibility index (Phi) is 5.95. The summed E-state index contributed by atoms with van der Waals surface area (Å²) in [5, 5.41) is 7.22. The molecule has 9 aromatic rings. The molecule has 0 saturated carbocycles. The number of furan rings is 1.